The Morgan fingerprint density at radius 3 is 2.56 bits per heavy atom. The minimum atomic E-state index is -4.33. The number of hydrogen-bond acceptors (Lipinski definition) is 2. The highest BCUT2D eigenvalue weighted by atomic mass is 127. The SMILES string of the molecule is CCNC(=NCC#Cc1ccc(C(F)(F)F)cc1)NC1CC2CCC1O2.I. The first-order chi connectivity index (χ1) is 12.5. The number of benzene rings is 1. The number of nitrogens with one attached hydrogen (secondary N) is 2. The third-order valence-corrected chi connectivity index (χ3v) is 4.53. The van der Waals surface area contributed by atoms with Gasteiger partial charge < -0.3 is 15.4 Å². The second-order valence-corrected chi connectivity index (χ2v) is 6.43. The summed E-state index contributed by atoms with van der Waals surface area (Å²) in [5, 5.41) is 6.57. The first-order valence-electron chi connectivity index (χ1n) is 8.82. The van der Waals surface area contributed by atoms with Crippen molar-refractivity contribution in [2.45, 2.75) is 50.6 Å². The van der Waals surface area contributed by atoms with E-state index in [1.165, 1.54) is 12.1 Å². The molecular weight excluding hydrogens is 470 g/mol. The zero-order chi connectivity index (χ0) is 18.6. The van der Waals surface area contributed by atoms with Gasteiger partial charge in [-0.2, -0.15) is 13.2 Å². The van der Waals surface area contributed by atoms with Crippen molar-refractivity contribution in [2.75, 3.05) is 13.1 Å². The fourth-order valence-electron chi connectivity index (χ4n) is 3.29. The van der Waals surface area contributed by atoms with E-state index in [0.717, 1.165) is 37.9 Å². The molecule has 2 aliphatic rings. The first kappa shape index (κ1) is 21.8. The molecule has 8 heteroatoms. The Hall–Kier alpha value is -1.47. The monoisotopic (exact) mass is 493 g/mol. The lowest BCUT2D eigenvalue weighted by atomic mass is 9.96. The Labute approximate surface area is 174 Å². The number of fused-ring (bicyclic) bond motifs is 2. The molecule has 2 bridgehead atoms. The summed E-state index contributed by atoms with van der Waals surface area (Å²) in [4.78, 5) is 4.42. The molecule has 1 aromatic carbocycles. The third-order valence-electron chi connectivity index (χ3n) is 4.53. The second-order valence-electron chi connectivity index (χ2n) is 6.43. The summed E-state index contributed by atoms with van der Waals surface area (Å²) in [6, 6.07) is 5.09. The van der Waals surface area contributed by atoms with Crippen LogP contribution in [0, 0.1) is 11.8 Å². The molecule has 2 heterocycles. The van der Waals surface area contributed by atoms with E-state index >= 15 is 0 Å². The molecule has 4 nitrogen and oxygen atoms in total. The molecule has 0 spiro atoms. The number of aliphatic imine (C=N–C) groups is 1. The van der Waals surface area contributed by atoms with Crippen LogP contribution in [0.4, 0.5) is 13.2 Å². The van der Waals surface area contributed by atoms with Gasteiger partial charge in [-0.25, -0.2) is 4.99 Å². The summed E-state index contributed by atoms with van der Waals surface area (Å²) >= 11 is 0. The number of guanidine groups is 1. The fraction of sp³-hybridized carbons (Fsp3) is 0.526. The highest BCUT2D eigenvalue weighted by Crippen LogP contribution is 2.34. The Morgan fingerprint density at radius 1 is 1.26 bits per heavy atom. The van der Waals surface area contributed by atoms with E-state index < -0.39 is 11.7 Å². The number of halogens is 4. The Balaban J connectivity index is 0.00000261. The van der Waals surface area contributed by atoms with Crippen LogP contribution in [0.5, 0.6) is 0 Å². The van der Waals surface area contributed by atoms with Crippen LogP contribution in [0.1, 0.15) is 37.3 Å². The van der Waals surface area contributed by atoms with Crippen molar-refractivity contribution in [1.29, 1.82) is 0 Å². The van der Waals surface area contributed by atoms with E-state index in [1.807, 2.05) is 6.92 Å². The minimum Gasteiger partial charge on any atom is -0.373 e. The predicted molar refractivity (Wildman–Crippen MR) is 109 cm³/mol. The molecule has 1 aromatic rings. The van der Waals surface area contributed by atoms with Crippen LogP contribution in [-0.4, -0.2) is 37.3 Å². The number of nitrogens with zero attached hydrogens (tertiary/aromatic N) is 1. The van der Waals surface area contributed by atoms with Gasteiger partial charge in [0, 0.05) is 12.1 Å². The predicted octanol–water partition coefficient (Wildman–Crippen LogP) is 3.55. The maximum Gasteiger partial charge on any atom is 0.416 e. The van der Waals surface area contributed by atoms with Gasteiger partial charge in [0.1, 0.15) is 6.54 Å². The maximum atomic E-state index is 12.5. The van der Waals surface area contributed by atoms with Crippen molar-refractivity contribution < 1.29 is 17.9 Å². The molecule has 0 amide bonds. The molecule has 0 radical (unpaired) electrons. The molecule has 0 aliphatic carbocycles. The Bertz CT molecular complexity index is 710. The van der Waals surface area contributed by atoms with Gasteiger partial charge in [0.2, 0.25) is 0 Å². The second kappa shape index (κ2) is 9.64. The zero-order valence-electron chi connectivity index (χ0n) is 15.0. The van der Waals surface area contributed by atoms with Crippen molar-refractivity contribution in [1.82, 2.24) is 10.6 Å². The third kappa shape index (κ3) is 6.01. The van der Waals surface area contributed by atoms with Crippen molar-refractivity contribution in [3.63, 3.8) is 0 Å². The van der Waals surface area contributed by atoms with Crippen LogP contribution in [0.2, 0.25) is 0 Å². The smallest absolute Gasteiger partial charge is 0.373 e. The average Bonchev–Trinajstić information content (AvgIpc) is 3.21. The molecule has 2 fully saturated rings. The van der Waals surface area contributed by atoms with Crippen molar-refractivity contribution in [2.24, 2.45) is 4.99 Å². The molecule has 3 unspecified atom stereocenters. The minimum absolute atomic E-state index is 0. The van der Waals surface area contributed by atoms with Gasteiger partial charge in [0.25, 0.3) is 0 Å². The number of alkyl halides is 3. The highest BCUT2D eigenvalue weighted by molar-refractivity contribution is 14.0. The standard InChI is InChI=1S/C19H22F3N3O.HI/c1-2-23-18(25-16-12-15-9-10-17(16)26-15)24-11-3-4-13-5-7-14(8-6-13)19(20,21)22;/h5-8,15-17H,2,9-12H2,1H3,(H2,23,24,25);1H. The molecule has 148 valence electrons. The van der Waals surface area contributed by atoms with Crippen LogP contribution in [-0.2, 0) is 10.9 Å². The summed E-state index contributed by atoms with van der Waals surface area (Å²) in [7, 11) is 0. The van der Waals surface area contributed by atoms with Gasteiger partial charge in [0.15, 0.2) is 5.96 Å². The quantitative estimate of drug-likeness (QED) is 0.293. The van der Waals surface area contributed by atoms with E-state index in [9.17, 15) is 13.2 Å². The van der Waals surface area contributed by atoms with Crippen LogP contribution in [0.15, 0.2) is 29.3 Å². The lowest BCUT2D eigenvalue weighted by molar-refractivity contribution is -0.137. The first-order valence-corrected chi connectivity index (χ1v) is 8.82. The molecule has 2 aliphatic heterocycles. The lowest BCUT2D eigenvalue weighted by Crippen LogP contribution is -2.47. The van der Waals surface area contributed by atoms with Gasteiger partial charge in [0.05, 0.1) is 23.8 Å². The summed E-state index contributed by atoms with van der Waals surface area (Å²) in [6.07, 6.45) is -0.509. The number of ether oxygens (including phenoxy) is 1. The van der Waals surface area contributed by atoms with Crippen LogP contribution in [0.3, 0.4) is 0 Å². The number of rotatable bonds is 3. The molecule has 0 saturated carbocycles. The molecule has 27 heavy (non-hydrogen) atoms. The molecule has 3 rings (SSSR count). The van der Waals surface area contributed by atoms with Gasteiger partial charge in [-0.05, 0) is 50.5 Å². The molecule has 2 saturated heterocycles. The van der Waals surface area contributed by atoms with Crippen LogP contribution in [0.25, 0.3) is 0 Å². The van der Waals surface area contributed by atoms with Gasteiger partial charge in [-0.1, -0.05) is 11.8 Å². The van der Waals surface area contributed by atoms with Crippen molar-refractivity contribution in [3.8, 4) is 11.8 Å². The molecule has 0 aromatic heterocycles. The fourth-order valence-corrected chi connectivity index (χ4v) is 3.29. The van der Waals surface area contributed by atoms with Gasteiger partial charge >= 0.3 is 6.18 Å². The summed E-state index contributed by atoms with van der Waals surface area (Å²) in [6.45, 7) is 2.99. The zero-order valence-corrected chi connectivity index (χ0v) is 17.3. The van der Waals surface area contributed by atoms with Crippen LogP contribution < -0.4 is 10.6 Å². The number of hydrogen-bond donors (Lipinski definition) is 2. The average molecular weight is 493 g/mol. The van der Waals surface area contributed by atoms with Gasteiger partial charge in [-0.3, -0.25) is 0 Å². The Morgan fingerprint density at radius 2 is 2.00 bits per heavy atom. The summed E-state index contributed by atoms with van der Waals surface area (Å²) in [5.74, 6) is 6.40. The van der Waals surface area contributed by atoms with E-state index in [4.69, 9.17) is 4.74 Å². The topological polar surface area (TPSA) is 45.7 Å². The van der Waals surface area contributed by atoms with Gasteiger partial charge in [-0.15, -0.1) is 24.0 Å². The maximum absolute atomic E-state index is 12.5. The lowest BCUT2D eigenvalue weighted by Gasteiger charge is -2.22. The van der Waals surface area contributed by atoms with E-state index in [1.54, 1.807) is 0 Å². The van der Waals surface area contributed by atoms with E-state index in [-0.39, 0.29) is 42.7 Å². The molecular formula is C19H23F3IN3O. The highest BCUT2D eigenvalue weighted by Gasteiger charge is 2.41. The van der Waals surface area contributed by atoms with E-state index in [2.05, 4.69) is 27.5 Å². The largest absolute Gasteiger partial charge is 0.416 e. The summed E-state index contributed by atoms with van der Waals surface area (Å²) in [5.41, 5.74) is -0.138. The normalized spacial score (nSPS) is 24.0. The summed E-state index contributed by atoms with van der Waals surface area (Å²) < 4.78 is 43.4. The van der Waals surface area contributed by atoms with E-state index in [0.29, 0.717) is 17.6 Å². The molecule has 3 atom stereocenters. The Kier molecular flexibility index (Phi) is 7.79. The van der Waals surface area contributed by atoms with Crippen LogP contribution >= 0.6 is 24.0 Å². The van der Waals surface area contributed by atoms with Crippen molar-refractivity contribution >= 4 is 29.9 Å². The molecule has 2 N–H and O–H groups in total. The van der Waals surface area contributed by atoms with Crippen molar-refractivity contribution in [3.05, 3.63) is 35.4 Å².